The molecule has 24 heavy (non-hydrogen) atoms. The number of aromatic nitrogens is 2. The number of nitrogens with zero attached hydrogens (tertiary/aromatic N) is 2. The summed E-state index contributed by atoms with van der Waals surface area (Å²) in [6.07, 6.45) is 2.39. The van der Waals surface area contributed by atoms with Gasteiger partial charge in [0.2, 0.25) is 0 Å². The zero-order valence-corrected chi connectivity index (χ0v) is 15.0. The lowest BCUT2D eigenvalue weighted by molar-refractivity contribution is 0.0950. The minimum atomic E-state index is -0.0567. The first kappa shape index (κ1) is 18.5. The van der Waals surface area contributed by atoms with Crippen molar-refractivity contribution in [1.29, 1.82) is 0 Å². The fourth-order valence-corrected chi connectivity index (χ4v) is 2.77. The van der Waals surface area contributed by atoms with Crippen LogP contribution in [0.5, 0.6) is 0 Å². The molecular formula is C18H25ClN4O. The Morgan fingerprint density at radius 1 is 1.33 bits per heavy atom. The summed E-state index contributed by atoms with van der Waals surface area (Å²) >= 11 is 0. The van der Waals surface area contributed by atoms with Gasteiger partial charge in [0.15, 0.2) is 0 Å². The van der Waals surface area contributed by atoms with E-state index in [2.05, 4.69) is 16.5 Å². The standard InChI is InChI=1S/C18H24N4O.ClH/c1-12-9-13(2)22(21-12)11-14-3-5-16(6-4-14)18(23)20-10-17(19)15-7-8-15;/h3-6,9,15,17H,7-8,10-11,19H2,1-2H3,(H,20,23);1H. The van der Waals surface area contributed by atoms with E-state index < -0.39 is 0 Å². The van der Waals surface area contributed by atoms with Crippen molar-refractivity contribution in [2.24, 2.45) is 11.7 Å². The fraction of sp³-hybridized carbons (Fsp3) is 0.444. The topological polar surface area (TPSA) is 72.9 Å². The largest absolute Gasteiger partial charge is 0.350 e. The van der Waals surface area contributed by atoms with Crippen molar-refractivity contribution in [1.82, 2.24) is 15.1 Å². The Morgan fingerprint density at radius 2 is 2.00 bits per heavy atom. The van der Waals surface area contributed by atoms with Crippen LogP contribution in [0.25, 0.3) is 0 Å². The molecule has 1 saturated carbocycles. The maximum atomic E-state index is 12.1. The summed E-state index contributed by atoms with van der Waals surface area (Å²) in [7, 11) is 0. The first-order chi connectivity index (χ1) is 11.0. The number of carbonyl (C=O) groups excluding carboxylic acids is 1. The molecule has 1 amide bonds. The minimum absolute atomic E-state index is 0. The highest BCUT2D eigenvalue weighted by atomic mass is 35.5. The molecule has 0 radical (unpaired) electrons. The Morgan fingerprint density at radius 3 is 2.54 bits per heavy atom. The average Bonchev–Trinajstić information content (AvgIpc) is 3.32. The maximum Gasteiger partial charge on any atom is 0.251 e. The van der Waals surface area contributed by atoms with Crippen LogP contribution in [0, 0.1) is 19.8 Å². The number of hydrogen-bond acceptors (Lipinski definition) is 3. The van der Waals surface area contributed by atoms with Crippen LogP contribution in [0.3, 0.4) is 0 Å². The van der Waals surface area contributed by atoms with E-state index in [0.29, 0.717) is 24.6 Å². The summed E-state index contributed by atoms with van der Waals surface area (Å²) in [6.45, 7) is 5.30. The maximum absolute atomic E-state index is 12.1. The molecule has 1 unspecified atom stereocenters. The van der Waals surface area contributed by atoms with Crippen LogP contribution < -0.4 is 11.1 Å². The van der Waals surface area contributed by atoms with Gasteiger partial charge in [0.1, 0.15) is 0 Å². The van der Waals surface area contributed by atoms with Crippen molar-refractivity contribution in [3.05, 3.63) is 52.8 Å². The Bertz CT molecular complexity index is 692. The van der Waals surface area contributed by atoms with Gasteiger partial charge in [-0.05, 0) is 56.4 Å². The molecule has 1 aromatic heterocycles. The molecule has 130 valence electrons. The van der Waals surface area contributed by atoms with E-state index in [1.807, 2.05) is 42.8 Å². The van der Waals surface area contributed by atoms with Gasteiger partial charge < -0.3 is 11.1 Å². The minimum Gasteiger partial charge on any atom is -0.350 e. The van der Waals surface area contributed by atoms with E-state index in [1.54, 1.807) is 0 Å². The molecule has 3 rings (SSSR count). The van der Waals surface area contributed by atoms with Gasteiger partial charge in [-0.1, -0.05) is 12.1 Å². The number of hydrogen-bond donors (Lipinski definition) is 2. The van der Waals surface area contributed by atoms with E-state index in [4.69, 9.17) is 5.73 Å². The van der Waals surface area contributed by atoms with Crippen molar-refractivity contribution in [2.45, 2.75) is 39.3 Å². The van der Waals surface area contributed by atoms with E-state index in [9.17, 15) is 4.79 Å². The fourth-order valence-electron chi connectivity index (χ4n) is 2.77. The predicted molar refractivity (Wildman–Crippen MR) is 97.5 cm³/mol. The van der Waals surface area contributed by atoms with Crippen LogP contribution in [-0.4, -0.2) is 28.3 Å². The summed E-state index contributed by atoms with van der Waals surface area (Å²) in [6, 6.07) is 9.82. The van der Waals surface area contributed by atoms with Gasteiger partial charge in [0.25, 0.3) is 5.91 Å². The van der Waals surface area contributed by atoms with Crippen LogP contribution >= 0.6 is 12.4 Å². The number of nitrogens with two attached hydrogens (primary N) is 1. The first-order valence-corrected chi connectivity index (χ1v) is 8.16. The molecule has 0 bridgehead atoms. The zero-order chi connectivity index (χ0) is 16.4. The summed E-state index contributed by atoms with van der Waals surface area (Å²) in [5, 5.41) is 7.38. The van der Waals surface area contributed by atoms with Crippen LogP contribution in [0.15, 0.2) is 30.3 Å². The summed E-state index contributed by atoms with van der Waals surface area (Å²) in [4.78, 5) is 12.1. The predicted octanol–water partition coefficient (Wildman–Crippen LogP) is 2.44. The second kappa shape index (κ2) is 7.81. The summed E-state index contributed by atoms with van der Waals surface area (Å²) < 4.78 is 1.97. The highest BCUT2D eigenvalue weighted by Gasteiger charge is 2.28. The molecule has 0 spiro atoms. The molecule has 0 saturated heterocycles. The lowest BCUT2D eigenvalue weighted by atomic mass is 10.1. The zero-order valence-electron chi connectivity index (χ0n) is 14.2. The molecule has 1 heterocycles. The van der Waals surface area contributed by atoms with Crippen molar-refractivity contribution in [3.8, 4) is 0 Å². The summed E-state index contributed by atoms with van der Waals surface area (Å²) in [5.74, 6) is 0.539. The number of halogens is 1. The third kappa shape index (κ3) is 4.58. The second-order valence-corrected chi connectivity index (χ2v) is 6.49. The molecule has 5 nitrogen and oxygen atoms in total. The van der Waals surface area contributed by atoms with Crippen LogP contribution in [0.1, 0.15) is 40.2 Å². The van der Waals surface area contributed by atoms with Gasteiger partial charge in [0, 0.05) is 23.8 Å². The van der Waals surface area contributed by atoms with Gasteiger partial charge in [0.05, 0.1) is 12.2 Å². The second-order valence-electron chi connectivity index (χ2n) is 6.49. The molecule has 3 N–H and O–H groups in total. The third-order valence-electron chi connectivity index (χ3n) is 4.38. The van der Waals surface area contributed by atoms with Gasteiger partial charge in [-0.25, -0.2) is 0 Å². The molecule has 1 aliphatic rings. The van der Waals surface area contributed by atoms with Gasteiger partial charge in [-0.2, -0.15) is 5.10 Å². The molecular weight excluding hydrogens is 324 g/mol. The molecule has 1 aromatic carbocycles. The van der Waals surface area contributed by atoms with E-state index >= 15 is 0 Å². The lowest BCUT2D eigenvalue weighted by Gasteiger charge is -2.12. The van der Waals surface area contributed by atoms with Crippen molar-refractivity contribution in [3.63, 3.8) is 0 Å². The SMILES string of the molecule is Cc1cc(C)n(Cc2ccc(C(=O)NCC(N)C3CC3)cc2)n1.Cl. The average molecular weight is 349 g/mol. The van der Waals surface area contributed by atoms with Gasteiger partial charge in [-0.15, -0.1) is 12.4 Å². The molecule has 1 atom stereocenters. The molecule has 1 aliphatic carbocycles. The summed E-state index contributed by atoms with van der Waals surface area (Å²) in [5.41, 5.74) is 9.96. The Labute approximate surface area is 149 Å². The monoisotopic (exact) mass is 348 g/mol. The number of aryl methyl sites for hydroxylation is 2. The lowest BCUT2D eigenvalue weighted by Crippen LogP contribution is -2.38. The molecule has 6 heteroatoms. The number of rotatable bonds is 6. The van der Waals surface area contributed by atoms with E-state index in [-0.39, 0.29) is 24.4 Å². The van der Waals surface area contributed by atoms with Crippen molar-refractivity contribution < 1.29 is 4.79 Å². The smallest absolute Gasteiger partial charge is 0.251 e. The van der Waals surface area contributed by atoms with Crippen molar-refractivity contribution in [2.75, 3.05) is 6.54 Å². The third-order valence-corrected chi connectivity index (χ3v) is 4.38. The quantitative estimate of drug-likeness (QED) is 0.842. The Kier molecular flexibility index (Phi) is 6.02. The molecule has 0 aliphatic heterocycles. The highest BCUT2D eigenvalue weighted by Crippen LogP contribution is 2.31. The van der Waals surface area contributed by atoms with Crippen molar-refractivity contribution >= 4 is 18.3 Å². The Hall–Kier alpha value is -1.85. The van der Waals surface area contributed by atoms with Gasteiger partial charge in [-0.3, -0.25) is 9.48 Å². The molecule has 1 fully saturated rings. The normalized spacial score (nSPS) is 14.8. The van der Waals surface area contributed by atoms with Gasteiger partial charge >= 0.3 is 0 Å². The van der Waals surface area contributed by atoms with Crippen LogP contribution in [-0.2, 0) is 6.54 Å². The van der Waals surface area contributed by atoms with Crippen LogP contribution in [0.4, 0.5) is 0 Å². The van der Waals surface area contributed by atoms with Crippen LogP contribution in [0.2, 0.25) is 0 Å². The number of benzene rings is 1. The highest BCUT2D eigenvalue weighted by molar-refractivity contribution is 5.94. The van der Waals surface area contributed by atoms with E-state index in [1.165, 1.54) is 12.8 Å². The first-order valence-electron chi connectivity index (χ1n) is 8.16. The number of nitrogens with one attached hydrogen (secondary N) is 1. The Balaban J connectivity index is 0.00000208. The number of carbonyl (C=O) groups is 1. The number of amides is 1. The van der Waals surface area contributed by atoms with E-state index in [0.717, 1.165) is 17.0 Å². The molecule has 2 aromatic rings.